The van der Waals surface area contributed by atoms with E-state index in [1.165, 1.54) is 5.56 Å². The molecule has 0 spiro atoms. The van der Waals surface area contributed by atoms with Crippen LogP contribution in [0.3, 0.4) is 0 Å². The molecule has 3 N–H and O–H groups in total. The van der Waals surface area contributed by atoms with Gasteiger partial charge in [0.05, 0.1) is 11.9 Å². The fourth-order valence-corrected chi connectivity index (χ4v) is 2.99. The molecule has 0 bridgehead atoms. The molecule has 3 aromatic carbocycles. The highest BCUT2D eigenvalue weighted by atomic mass is 16.2. The van der Waals surface area contributed by atoms with Crippen molar-refractivity contribution in [2.75, 3.05) is 5.73 Å². The summed E-state index contributed by atoms with van der Waals surface area (Å²) in [5.41, 5.74) is 14.0. The normalized spacial score (nSPS) is 11.0. The molecular formula is C24H21N5O. The maximum Gasteiger partial charge on any atom is 0.271 e. The lowest BCUT2D eigenvalue weighted by Gasteiger charge is -2.01. The fourth-order valence-electron chi connectivity index (χ4n) is 2.99. The summed E-state index contributed by atoms with van der Waals surface area (Å²) in [5.74, 6) is -0.307. The summed E-state index contributed by atoms with van der Waals surface area (Å²) in [7, 11) is 0. The Balaban J connectivity index is 1.63. The Labute approximate surface area is 174 Å². The van der Waals surface area contributed by atoms with Crippen LogP contribution in [0.25, 0.3) is 16.9 Å². The van der Waals surface area contributed by atoms with Crippen molar-refractivity contribution >= 4 is 17.8 Å². The second kappa shape index (κ2) is 8.45. The molecule has 6 nitrogen and oxygen atoms in total. The number of nitrogens with zero attached hydrogens (tertiary/aromatic N) is 3. The van der Waals surface area contributed by atoms with Crippen LogP contribution >= 0.6 is 0 Å². The molecule has 0 aliphatic rings. The topological polar surface area (TPSA) is 85.3 Å². The zero-order valence-corrected chi connectivity index (χ0v) is 16.5. The largest absolute Gasteiger partial charge is 0.399 e. The van der Waals surface area contributed by atoms with Crippen molar-refractivity contribution in [1.29, 1.82) is 0 Å². The van der Waals surface area contributed by atoms with Crippen molar-refractivity contribution in [3.63, 3.8) is 0 Å². The molecule has 0 saturated carbocycles. The molecule has 1 amide bonds. The minimum Gasteiger partial charge on any atom is -0.399 e. The number of rotatable bonds is 5. The van der Waals surface area contributed by atoms with Gasteiger partial charge < -0.3 is 5.73 Å². The predicted octanol–water partition coefficient (Wildman–Crippen LogP) is 4.19. The van der Waals surface area contributed by atoms with Crippen LogP contribution in [0.5, 0.6) is 0 Å². The summed E-state index contributed by atoms with van der Waals surface area (Å²) < 4.78 is 1.80. The Bertz CT molecular complexity index is 1180. The van der Waals surface area contributed by atoms with E-state index in [0.717, 1.165) is 22.5 Å². The molecule has 1 aromatic heterocycles. The lowest BCUT2D eigenvalue weighted by atomic mass is 10.1. The summed E-state index contributed by atoms with van der Waals surface area (Å²) in [6, 6.07) is 24.7. The van der Waals surface area contributed by atoms with E-state index < -0.39 is 0 Å². The van der Waals surface area contributed by atoms with Crippen LogP contribution in [-0.4, -0.2) is 21.9 Å². The van der Waals surface area contributed by atoms with E-state index in [2.05, 4.69) is 10.5 Å². The van der Waals surface area contributed by atoms with Gasteiger partial charge in [0.15, 0.2) is 0 Å². The van der Waals surface area contributed by atoms with Gasteiger partial charge in [0.2, 0.25) is 0 Å². The second-order valence-corrected chi connectivity index (χ2v) is 6.90. The van der Waals surface area contributed by atoms with Crippen molar-refractivity contribution in [3.8, 4) is 16.9 Å². The van der Waals surface area contributed by atoms with Crippen molar-refractivity contribution in [1.82, 2.24) is 15.2 Å². The Morgan fingerprint density at radius 3 is 2.40 bits per heavy atom. The van der Waals surface area contributed by atoms with Crippen molar-refractivity contribution in [2.24, 2.45) is 5.10 Å². The Hall–Kier alpha value is -4.19. The first kappa shape index (κ1) is 19.1. The Morgan fingerprint density at radius 1 is 1.00 bits per heavy atom. The number of hydrogen-bond acceptors (Lipinski definition) is 4. The molecule has 0 fully saturated rings. The highest BCUT2D eigenvalue weighted by Gasteiger charge is 2.11. The smallest absolute Gasteiger partial charge is 0.271 e. The standard InChI is InChI=1S/C24H21N5O/c1-17-7-9-18(10-8-17)23-20(16-29(28-23)22-5-3-2-4-6-22)15-26-27-24(30)19-11-13-21(25)14-12-19/h2-16H,25H2,1H3,(H,27,30)/b26-15-. The number of anilines is 1. The number of amides is 1. The van der Waals surface area contributed by atoms with Gasteiger partial charge in [-0.25, -0.2) is 10.1 Å². The first-order chi connectivity index (χ1) is 14.6. The molecule has 30 heavy (non-hydrogen) atoms. The second-order valence-electron chi connectivity index (χ2n) is 6.90. The third-order valence-electron chi connectivity index (χ3n) is 4.63. The zero-order chi connectivity index (χ0) is 20.9. The van der Waals surface area contributed by atoms with E-state index in [1.54, 1.807) is 35.2 Å². The van der Waals surface area contributed by atoms with E-state index in [1.807, 2.05) is 67.7 Å². The number of para-hydroxylation sites is 1. The maximum absolute atomic E-state index is 12.3. The Kier molecular flexibility index (Phi) is 5.39. The van der Waals surface area contributed by atoms with Gasteiger partial charge in [-0.3, -0.25) is 4.79 Å². The van der Waals surface area contributed by atoms with Crippen LogP contribution in [0.15, 0.2) is 90.2 Å². The molecule has 4 aromatic rings. The van der Waals surface area contributed by atoms with Gasteiger partial charge in [-0.1, -0.05) is 48.0 Å². The number of nitrogens with one attached hydrogen (secondary N) is 1. The third kappa shape index (κ3) is 4.28. The van der Waals surface area contributed by atoms with Gasteiger partial charge in [-0.15, -0.1) is 0 Å². The average Bonchev–Trinajstić information content (AvgIpc) is 3.19. The maximum atomic E-state index is 12.3. The summed E-state index contributed by atoms with van der Waals surface area (Å²) in [5, 5.41) is 8.89. The van der Waals surface area contributed by atoms with E-state index in [9.17, 15) is 4.79 Å². The number of nitrogen functional groups attached to an aromatic ring is 1. The van der Waals surface area contributed by atoms with Gasteiger partial charge in [0.1, 0.15) is 5.69 Å². The quantitative estimate of drug-likeness (QED) is 0.302. The van der Waals surface area contributed by atoms with E-state index in [-0.39, 0.29) is 5.91 Å². The van der Waals surface area contributed by atoms with Crippen molar-refractivity contribution in [2.45, 2.75) is 6.92 Å². The molecule has 148 valence electrons. The number of carbonyl (C=O) groups excluding carboxylic acids is 1. The number of hydrogen-bond donors (Lipinski definition) is 2. The molecule has 0 unspecified atom stereocenters. The summed E-state index contributed by atoms with van der Waals surface area (Å²) in [6.45, 7) is 2.04. The van der Waals surface area contributed by atoms with Crippen LogP contribution in [0.1, 0.15) is 21.5 Å². The molecule has 1 heterocycles. The van der Waals surface area contributed by atoms with Crippen LogP contribution in [0.4, 0.5) is 5.69 Å². The van der Waals surface area contributed by atoms with E-state index in [0.29, 0.717) is 11.3 Å². The fraction of sp³-hybridized carbons (Fsp3) is 0.0417. The lowest BCUT2D eigenvalue weighted by Crippen LogP contribution is -2.17. The highest BCUT2D eigenvalue weighted by Crippen LogP contribution is 2.23. The molecular weight excluding hydrogens is 374 g/mol. The molecule has 0 aliphatic carbocycles. The van der Waals surface area contributed by atoms with Gasteiger partial charge in [-0.05, 0) is 43.3 Å². The molecule has 0 aliphatic heterocycles. The molecule has 0 radical (unpaired) electrons. The SMILES string of the molecule is Cc1ccc(-c2nn(-c3ccccc3)cc2/C=N\NC(=O)c2ccc(N)cc2)cc1. The molecule has 0 saturated heterocycles. The molecule has 4 rings (SSSR count). The number of nitrogens with two attached hydrogens (primary N) is 1. The average molecular weight is 395 g/mol. The van der Waals surface area contributed by atoms with Gasteiger partial charge in [-0.2, -0.15) is 10.2 Å². The zero-order valence-electron chi connectivity index (χ0n) is 16.5. The monoisotopic (exact) mass is 395 g/mol. The first-order valence-corrected chi connectivity index (χ1v) is 9.51. The van der Waals surface area contributed by atoms with Crippen LogP contribution in [0.2, 0.25) is 0 Å². The van der Waals surface area contributed by atoms with E-state index in [4.69, 9.17) is 10.8 Å². The number of aromatic nitrogens is 2. The summed E-state index contributed by atoms with van der Waals surface area (Å²) in [6.07, 6.45) is 3.50. The van der Waals surface area contributed by atoms with Crippen LogP contribution < -0.4 is 11.2 Å². The number of aryl methyl sites for hydroxylation is 1. The van der Waals surface area contributed by atoms with Crippen LogP contribution in [0, 0.1) is 6.92 Å². The highest BCUT2D eigenvalue weighted by molar-refractivity contribution is 5.96. The molecule has 6 heteroatoms. The summed E-state index contributed by atoms with van der Waals surface area (Å²) >= 11 is 0. The predicted molar refractivity (Wildman–Crippen MR) is 120 cm³/mol. The number of carbonyl (C=O) groups is 1. The Morgan fingerprint density at radius 2 is 1.70 bits per heavy atom. The van der Waals surface area contributed by atoms with Gasteiger partial charge >= 0.3 is 0 Å². The number of hydrazone groups is 1. The van der Waals surface area contributed by atoms with Crippen LogP contribution in [-0.2, 0) is 0 Å². The number of benzene rings is 3. The van der Waals surface area contributed by atoms with E-state index >= 15 is 0 Å². The van der Waals surface area contributed by atoms with Crippen molar-refractivity contribution < 1.29 is 4.79 Å². The third-order valence-corrected chi connectivity index (χ3v) is 4.63. The van der Waals surface area contributed by atoms with Gasteiger partial charge in [0, 0.05) is 28.6 Å². The first-order valence-electron chi connectivity index (χ1n) is 9.51. The minimum atomic E-state index is -0.307. The van der Waals surface area contributed by atoms with Crippen molar-refractivity contribution in [3.05, 3.63) is 102 Å². The lowest BCUT2D eigenvalue weighted by molar-refractivity contribution is 0.0955. The summed E-state index contributed by atoms with van der Waals surface area (Å²) in [4.78, 5) is 12.3. The molecule has 0 atom stereocenters. The van der Waals surface area contributed by atoms with Gasteiger partial charge in [0.25, 0.3) is 5.91 Å². The minimum absolute atomic E-state index is 0.307.